The predicted octanol–water partition coefficient (Wildman–Crippen LogP) is 6.28. The fourth-order valence-corrected chi connectivity index (χ4v) is 3.65. The van der Waals surface area contributed by atoms with Gasteiger partial charge in [0.2, 0.25) is 0 Å². The molecule has 134 valence electrons. The molecule has 2 unspecified atom stereocenters. The number of hydrogen-bond donors (Lipinski definition) is 2. The minimum atomic E-state index is 0.191. The standard InChI is InChI=1S/C24H26O2/c1-16(2)21-12-4-17(3)14-23(21)22-13-9-19(15-24(22)26)6-5-18-7-10-20(25)11-8-18/h5-11,13-15,21,23,25-26H,1,4,12H2,2-3H3/b6-5+. The van der Waals surface area contributed by atoms with Crippen LogP contribution >= 0.6 is 0 Å². The summed E-state index contributed by atoms with van der Waals surface area (Å²) >= 11 is 0. The SMILES string of the molecule is C=C(C)C1CCC(C)=CC1c1ccc(/C=C/c2ccc(O)cc2)cc1O. The van der Waals surface area contributed by atoms with Crippen LogP contribution in [0.1, 0.15) is 49.3 Å². The number of hydrogen-bond acceptors (Lipinski definition) is 2. The molecule has 2 nitrogen and oxygen atoms in total. The van der Waals surface area contributed by atoms with Crippen LogP contribution in [0.3, 0.4) is 0 Å². The summed E-state index contributed by atoms with van der Waals surface area (Å²) in [5.74, 6) is 1.16. The summed E-state index contributed by atoms with van der Waals surface area (Å²) in [6, 6.07) is 12.9. The molecule has 0 aliphatic heterocycles. The van der Waals surface area contributed by atoms with Gasteiger partial charge < -0.3 is 10.2 Å². The first-order valence-corrected chi connectivity index (χ1v) is 9.07. The first kappa shape index (κ1) is 18.1. The van der Waals surface area contributed by atoms with E-state index in [1.165, 1.54) is 11.1 Å². The topological polar surface area (TPSA) is 40.5 Å². The maximum absolute atomic E-state index is 10.6. The number of phenols is 2. The second kappa shape index (κ2) is 7.65. The van der Waals surface area contributed by atoms with E-state index in [1.807, 2.05) is 42.5 Å². The third-order valence-corrected chi connectivity index (χ3v) is 5.16. The lowest BCUT2D eigenvalue weighted by Gasteiger charge is -2.31. The molecule has 0 amide bonds. The lowest BCUT2D eigenvalue weighted by molar-refractivity contribution is 0.436. The van der Waals surface area contributed by atoms with Crippen molar-refractivity contribution in [3.63, 3.8) is 0 Å². The Balaban J connectivity index is 1.86. The van der Waals surface area contributed by atoms with Crippen molar-refractivity contribution in [2.75, 3.05) is 0 Å². The van der Waals surface area contributed by atoms with Crippen LogP contribution in [0.25, 0.3) is 12.2 Å². The Kier molecular flexibility index (Phi) is 5.32. The third kappa shape index (κ3) is 4.08. The Morgan fingerprint density at radius 3 is 2.35 bits per heavy atom. The minimum absolute atomic E-state index is 0.191. The number of aromatic hydroxyl groups is 2. The summed E-state index contributed by atoms with van der Waals surface area (Å²) in [6.45, 7) is 8.40. The second-order valence-corrected chi connectivity index (χ2v) is 7.27. The number of phenolic OH excluding ortho intramolecular Hbond substituents is 2. The Bertz CT molecular complexity index is 856. The highest BCUT2D eigenvalue weighted by atomic mass is 16.3. The molecular formula is C24H26O2. The molecule has 2 heteroatoms. The van der Waals surface area contributed by atoms with Crippen molar-refractivity contribution in [1.29, 1.82) is 0 Å². The Morgan fingerprint density at radius 2 is 1.69 bits per heavy atom. The van der Waals surface area contributed by atoms with Crippen molar-refractivity contribution in [1.82, 2.24) is 0 Å². The van der Waals surface area contributed by atoms with Gasteiger partial charge in [0.15, 0.2) is 0 Å². The maximum Gasteiger partial charge on any atom is 0.119 e. The largest absolute Gasteiger partial charge is 0.508 e. The first-order chi connectivity index (χ1) is 12.4. The Labute approximate surface area is 155 Å². The summed E-state index contributed by atoms with van der Waals surface area (Å²) in [4.78, 5) is 0. The summed E-state index contributed by atoms with van der Waals surface area (Å²) in [5.41, 5.74) is 5.47. The highest BCUT2D eigenvalue weighted by molar-refractivity contribution is 5.70. The molecule has 0 radical (unpaired) electrons. The van der Waals surface area contributed by atoms with Crippen molar-refractivity contribution in [2.45, 2.75) is 32.6 Å². The molecule has 0 fully saturated rings. The van der Waals surface area contributed by atoms with Crippen molar-refractivity contribution >= 4 is 12.2 Å². The van der Waals surface area contributed by atoms with Gasteiger partial charge in [0.1, 0.15) is 11.5 Å². The monoisotopic (exact) mass is 346 g/mol. The number of benzene rings is 2. The molecule has 1 aliphatic carbocycles. The molecule has 0 saturated heterocycles. The Morgan fingerprint density at radius 1 is 1.04 bits per heavy atom. The molecule has 2 aromatic carbocycles. The van der Waals surface area contributed by atoms with Gasteiger partial charge in [-0.05, 0) is 61.9 Å². The molecular weight excluding hydrogens is 320 g/mol. The maximum atomic E-state index is 10.6. The van der Waals surface area contributed by atoms with Crippen LogP contribution in [-0.2, 0) is 0 Å². The molecule has 1 aliphatic rings. The zero-order valence-corrected chi connectivity index (χ0v) is 15.4. The fourth-order valence-electron chi connectivity index (χ4n) is 3.65. The van der Waals surface area contributed by atoms with Crippen molar-refractivity contribution in [3.05, 3.63) is 83.0 Å². The Hall–Kier alpha value is -2.74. The highest BCUT2D eigenvalue weighted by Crippen LogP contribution is 2.42. The average Bonchev–Trinajstić information content (AvgIpc) is 2.61. The van der Waals surface area contributed by atoms with Crippen LogP contribution in [0.4, 0.5) is 0 Å². The average molecular weight is 346 g/mol. The molecule has 0 aromatic heterocycles. The van der Waals surface area contributed by atoms with Crippen LogP contribution in [0.2, 0.25) is 0 Å². The number of allylic oxidation sites excluding steroid dienone is 3. The fraction of sp³-hybridized carbons (Fsp3) is 0.250. The molecule has 0 bridgehead atoms. The molecule has 2 atom stereocenters. The van der Waals surface area contributed by atoms with Crippen LogP contribution < -0.4 is 0 Å². The molecule has 26 heavy (non-hydrogen) atoms. The summed E-state index contributed by atoms with van der Waals surface area (Å²) in [7, 11) is 0. The third-order valence-electron chi connectivity index (χ3n) is 5.16. The van der Waals surface area contributed by atoms with Gasteiger partial charge in [0, 0.05) is 11.5 Å². The van der Waals surface area contributed by atoms with Crippen molar-refractivity contribution in [3.8, 4) is 11.5 Å². The van der Waals surface area contributed by atoms with Gasteiger partial charge in [-0.2, -0.15) is 0 Å². The van der Waals surface area contributed by atoms with Crippen LogP contribution in [-0.4, -0.2) is 10.2 Å². The first-order valence-electron chi connectivity index (χ1n) is 9.07. The van der Waals surface area contributed by atoms with E-state index in [-0.39, 0.29) is 11.7 Å². The molecule has 0 spiro atoms. The second-order valence-electron chi connectivity index (χ2n) is 7.27. The van der Waals surface area contributed by atoms with E-state index in [9.17, 15) is 10.2 Å². The van der Waals surface area contributed by atoms with Gasteiger partial charge >= 0.3 is 0 Å². The predicted molar refractivity (Wildman–Crippen MR) is 109 cm³/mol. The van der Waals surface area contributed by atoms with Crippen molar-refractivity contribution in [2.24, 2.45) is 5.92 Å². The molecule has 0 saturated carbocycles. The van der Waals surface area contributed by atoms with E-state index in [2.05, 4.69) is 26.5 Å². The number of rotatable bonds is 4. The van der Waals surface area contributed by atoms with E-state index in [1.54, 1.807) is 12.1 Å². The zero-order chi connectivity index (χ0) is 18.7. The van der Waals surface area contributed by atoms with E-state index >= 15 is 0 Å². The minimum Gasteiger partial charge on any atom is -0.508 e. The molecule has 3 rings (SSSR count). The zero-order valence-electron chi connectivity index (χ0n) is 15.4. The lowest BCUT2D eigenvalue weighted by Crippen LogP contribution is -2.17. The quantitative estimate of drug-likeness (QED) is 0.505. The van der Waals surface area contributed by atoms with Crippen LogP contribution in [0.5, 0.6) is 11.5 Å². The molecule has 0 heterocycles. The van der Waals surface area contributed by atoms with E-state index < -0.39 is 0 Å². The molecule has 2 N–H and O–H groups in total. The van der Waals surface area contributed by atoms with Crippen molar-refractivity contribution < 1.29 is 10.2 Å². The van der Waals surface area contributed by atoms with Gasteiger partial charge in [-0.25, -0.2) is 0 Å². The van der Waals surface area contributed by atoms with Gasteiger partial charge in [0.25, 0.3) is 0 Å². The van der Waals surface area contributed by atoms with E-state index in [0.717, 1.165) is 29.5 Å². The van der Waals surface area contributed by atoms with Gasteiger partial charge in [-0.3, -0.25) is 0 Å². The normalized spacial score (nSPS) is 20.2. The summed E-state index contributed by atoms with van der Waals surface area (Å²) in [6.07, 6.45) is 8.40. The van der Waals surface area contributed by atoms with E-state index in [0.29, 0.717) is 11.7 Å². The van der Waals surface area contributed by atoms with Gasteiger partial charge in [0.05, 0.1) is 0 Å². The molecule has 2 aromatic rings. The summed E-state index contributed by atoms with van der Waals surface area (Å²) < 4.78 is 0. The van der Waals surface area contributed by atoms with Gasteiger partial charge in [-0.15, -0.1) is 0 Å². The van der Waals surface area contributed by atoms with Gasteiger partial charge in [-0.1, -0.05) is 60.2 Å². The van der Waals surface area contributed by atoms with E-state index in [4.69, 9.17) is 0 Å². The smallest absolute Gasteiger partial charge is 0.119 e. The van der Waals surface area contributed by atoms with Crippen LogP contribution in [0, 0.1) is 5.92 Å². The highest BCUT2D eigenvalue weighted by Gasteiger charge is 2.27. The summed E-state index contributed by atoms with van der Waals surface area (Å²) in [5, 5.41) is 20.0. The van der Waals surface area contributed by atoms with Crippen LogP contribution in [0.15, 0.2) is 66.3 Å². The lowest BCUT2D eigenvalue weighted by atomic mass is 9.74.